The van der Waals surface area contributed by atoms with Crippen LogP contribution in [0.15, 0.2) is 35.3 Å². The molecule has 5 nitrogen and oxygen atoms in total. The second kappa shape index (κ2) is 9.66. The van der Waals surface area contributed by atoms with E-state index in [0.29, 0.717) is 25.6 Å². The molecule has 1 fully saturated rings. The van der Waals surface area contributed by atoms with E-state index in [2.05, 4.69) is 27.9 Å². The summed E-state index contributed by atoms with van der Waals surface area (Å²) < 4.78 is 0. The topological polar surface area (TPSA) is 65.5 Å². The lowest BCUT2D eigenvalue weighted by Crippen LogP contribution is -2.40. The Morgan fingerprint density at radius 2 is 1.95 bits per heavy atom. The van der Waals surface area contributed by atoms with Crippen LogP contribution in [0.1, 0.15) is 25.3 Å². The first kappa shape index (κ1) is 18.7. The Labute approximate surface area is 149 Å². The Hall–Kier alpha value is -1.31. The smallest absolute Gasteiger partial charge is 0.222 e. The van der Waals surface area contributed by atoms with E-state index in [-0.39, 0.29) is 29.9 Å². The minimum Gasteiger partial charge on any atom is -0.356 e. The normalized spacial score (nSPS) is 19.8. The maximum Gasteiger partial charge on any atom is 0.222 e. The molecule has 1 aromatic rings. The number of benzene rings is 1. The van der Waals surface area contributed by atoms with Gasteiger partial charge in [0.15, 0.2) is 5.96 Å². The first-order chi connectivity index (χ1) is 10.2. The number of nitrogens with zero attached hydrogens (tertiary/aromatic N) is 1. The molecule has 1 amide bonds. The fourth-order valence-electron chi connectivity index (χ4n) is 2.07. The molecule has 1 aromatic carbocycles. The van der Waals surface area contributed by atoms with Crippen LogP contribution in [0.25, 0.3) is 0 Å². The van der Waals surface area contributed by atoms with Crippen molar-refractivity contribution in [3.8, 4) is 0 Å². The van der Waals surface area contributed by atoms with E-state index >= 15 is 0 Å². The van der Waals surface area contributed by atoms with Gasteiger partial charge in [-0.05, 0) is 17.9 Å². The molecule has 0 spiro atoms. The third-order valence-electron chi connectivity index (χ3n) is 3.63. The van der Waals surface area contributed by atoms with Gasteiger partial charge in [0.25, 0.3) is 0 Å². The summed E-state index contributed by atoms with van der Waals surface area (Å²) in [7, 11) is 1.75. The number of guanidine groups is 1. The fourth-order valence-corrected chi connectivity index (χ4v) is 2.07. The van der Waals surface area contributed by atoms with Crippen LogP contribution in [0.5, 0.6) is 0 Å². The van der Waals surface area contributed by atoms with Crippen molar-refractivity contribution in [1.82, 2.24) is 16.0 Å². The number of hydrogen-bond acceptors (Lipinski definition) is 2. The number of carbonyl (C=O) groups is 1. The molecule has 0 bridgehead atoms. The predicted octanol–water partition coefficient (Wildman–Crippen LogP) is 1.88. The summed E-state index contributed by atoms with van der Waals surface area (Å²) in [5, 5.41) is 9.41. The molecule has 0 aromatic heterocycles. The first-order valence-corrected chi connectivity index (χ1v) is 7.47. The molecule has 6 heteroatoms. The molecule has 22 heavy (non-hydrogen) atoms. The van der Waals surface area contributed by atoms with Gasteiger partial charge in [-0.15, -0.1) is 24.0 Å². The molecule has 2 rings (SSSR count). The summed E-state index contributed by atoms with van der Waals surface area (Å²) >= 11 is 0. The molecular weight excluding hydrogens is 391 g/mol. The molecule has 0 radical (unpaired) electrons. The van der Waals surface area contributed by atoms with Crippen molar-refractivity contribution in [3.05, 3.63) is 35.9 Å². The summed E-state index contributed by atoms with van der Waals surface area (Å²) in [6.45, 7) is 3.37. The number of aliphatic imine (C=N–C) groups is 1. The van der Waals surface area contributed by atoms with Gasteiger partial charge >= 0.3 is 0 Å². The zero-order valence-corrected chi connectivity index (χ0v) is 15.5. The van der Waals surface area contributed by atoms with Gasteiger partial charge < -0.3 is 16.0 Å². The maximum atomic E-state index is 11.8. The van der Waals surface area contributed by atoms with Crippen LogP contribution in [0.3, 0.4) is 0 Å². The van der Waals surface area contributed by atoms with Gasteiger partial charge in [-0.1, -0.05) is 37.3 Å². The van der Waals surface area contributed by atoms with Gasteiger partial charge in [0.1, 0.15) is 0 Å². The van der Waals surface area contributed by atoms with E-state index in [0.717, 1.165) is 17.4 Å². The molecule has 0 heterocycles. The van der Waals surface area contributed by atoms with Gasteiger partial charge in [-0.3, -0.25) is 9.79 Å². The molecule has 1 aliphatic rings. The highest BCUT2D eigenvalue weighted by molar-refractivity contribution is 14.0. The predicted molar refractivity (Wildman–Crippen MR) is 100 cm³/mol. The van der Waals surface area contributed by atoms with E-state index in [4.69, 9.17) is 0 Å². The van der Waals surface area contributed by atoms with Crippen molar-refractivity contribution < 1.29 is 4.79 Å². The molecular formula is C16H25IN4O. The summed E-state index contributed by atoms with van der Waals surface area (Å²) in [5.41, 5.74) is 1.11. The zero-order chi connectivity index (χ0) is 15.1. The number of hydrogen-bond donors (Lipinski definition) is 3. The highest BCUT2D eigenvalue weighted by Crippen LogP contribution is 2.28. The van der Waals surface area contributed by atoms with Gasteiger partial charge in [0, 0.05) is 32.6 Å². The van der Waals surface area contributed by atoms with Crippen LogP contribution in [-0.2, 0) is 11.3 Å². The van der Waals surface area contributed by atoms with E-state index in [1.165, 1.54) is 6.42 Å². The highest BCUT2D eigenvalue weighted by atomic mass is 127. The van der Waals surface area contributed by atoms with Crippen molar-refractivity contribution in [2.75, 3.05) is 13.6 Å². The molecule has 3 N–H and O–H groups in total. The van der Waals surface area contributed by atoms with E-state index in [9.17, 15) is 4.79 Å². The first-order valence-electron chi connectivity index (χ1n) is 7.47. The summed E-state index contributed by atoms with van der Waals surface area (Å²) in [6, 6.07) is 10.4. The van der Waals surface area contributed by atoms with Crippen LogP contribution >= 0.6 is 24.0 Å². The number of amides is 1. The average Bonchev–Trinajstić information content (AvgIpc) is 3.20. The molecule has 0 saturated heterocycles. The average molecular weight is 416 g/mol. The lowest BCUT2D eigenvalue weighted by Gasteiger charge is -2.11. The van der Waals surface area contributed by atoms with Gasteiger partial charge in [0.05, 0.1) is 0 Å². The minimum absolute atomic E-state index is 0. The van der Waals surface area contributed by atoms with Crippen LogP contribution < -0.4 is 16.0 Å². The number of halogens is 1. The highest BCUT2D eigenvalue weighted by Gasteiger charge is 2.33. The minimum atomic E-state index is 0. The van der Waals surface area contributed by atoms with Crippen molar-refractivity contribution in [2.24, 2.45) is 10.9 Å². The third-order valence-corrected chi connectivity index (χ3v) is 3.63. The molecule has 2 atom stereocenters. The Morgan fingerprint density at radius 1 is 1.27 bits per heavy atom. The molecule has 1 saturated carbocycles. The van der Waals surface area contributed by atoms with Crippen molar-refractivity contribution in [1.29, 1.82) is 0 Å². The monoisotopic (exact) mass is 416 g/mol. The van der Waals surface area contributed by atoms with Crippen LogP contribution in [0.4, 0.5) is 0 Å². The summed E-state index contributed by atoms with van der Waals surface area (Å²) in [5.74, 6) is 1.54. The van der Waals surface area contributed by atoms with E-state index in [1.54, 1.807) is 7.05 Å². The molecule has 2 unspecified atom stereocenters. The Balaban J connectivity index is 0.00000242. The van der Waals surface area contributed by atoms with Gasteiger partial charge in [-0.2, -0.15) is 0 Å². The van der Waals surface area contributed by atoms with E-state index in [1.807, 2.05) is 30.3 Å². The number of nitrogens with one attached hydrogen (secondary N) is 3. The lowest BCUT2D eigenvalue weighted by molar-refractivity contribution is -0.121. The zero-order valence-electron chi connectivity index (χ0n) is 13.1. The summed E-state index contributed by atoms with van der Waals surface area (Å²) in [6.07, 6.45) is 1.63. The standard InChI is InChI=1S/C16H24N4O.HI/c1-12-10-14(12)20-16(17-2)18-9-8-15(21)19-11-13-6-4-3-5-7-13;/h3-7,12,14H,8-11H2,1-2H3,(H,19,21)(H2,17,18,20);1H. The quantitative estimate of drug-likeness (QED) is 0.377. The van der Waals surface area contributed by atoms with Gasteiger partial charge in [0.2, 0.25) is 5.91 Å². The number of carbonyl (C=O) groups excluding carboxylic acids is 1. The second-order valence-electron chi connectivity index (χ2n) is 5.48. The Morgan fingerprint density at radius 3 is 2.55 bits per heavy atom. The van der Waals surface area contributed by atoms with Crippen LogP contribution in [0, 0.1) is 5.92 Å². The molecule has 1 aliphatic carbocycles. The molecule has 122 valence electrons. The maximum absolute atomic E-state index is 11.8. The van der Waals surface area contributed by atoms with Crippen molar-refractivity contribution >= 4 is 35.8 Å². The second-order valence-corrected chi connectivity index (χ2v) is 5.48. The lowest BCUT2D eigenvalue weighted by atomic mass is 10.2. The third kappa shape index (κ3) is 6.64. The SMILES string of the molecule is CN=C(NCCC(=O)NCc1ccccc1)NC1CC1C.I. The largest absolute Gasteiger partial charge is 0.356 e. The van der Waals surface area contributed by atoms with E-state index < -0.39 is 0 Å². The van der Waals surface area contributed by atoms with Crippen molar-refractivity contribution in [2.45, 2.75) is 32.4 Å². The van der Waals surface area contributed by atoms with Crippen LogP contribution in [-0.4, -0.2) is 31.5 Å². The Kier molecular flexibility index (Phi) is 8.22. The summed E-state index contributed by atoms with van der Waals surface area (Å²) in [4.78, 5) is 15.9. The fraction of sp³-hybridized carbons (Fsp3) is 0.500. The Bertz CT molecular complexity index is 492. The van der Waals surface area contributed by atoms with Crippen molar-refractivity contribution in [3.63, 3.8) is 0 Å². The van der Waals surface area contributed by atoms with Gasteiger partial charge in [-0.25, -0.2) is 0 Å². The molecule has 0 aliphatic heterocycles. The number of rotatable bonds is 6. The van der Waals surface area contributed by atoms with Crippen LogP contribution in [0.2, 0.25) is 0 Å².